The van der Waals surface area contributed by atoms with Gasteiger partial charge in [-0.3, -0.25) is 24.2 Å². The largest absolute Gasteiger partial charge is 0.366 e. The molecular formula is C21H24FN5O3. The Morgan fingerprint density at radius 1 is 0.867 bits per heavy atom. The monoisotopic (exact) mass is 413 g/mol. The fourth-order valence-electron chi connectivity index (χ4n) is 3.28. The molecule has 3 rings (SSSR count). The predicted molar refractivity (Wildman–Crippen MR) is 111 cm³/mol. The van der Waals surface area contributed by atoms with Crippen LogP contribution < -0.4 is 16.4 Å². The summed E-state index contributed by atoms with van der Waals surface area (Å²) in [5.41, 5.74) is 6.41. The molecule has 158 valence electrons. The lowest BCUT2D eigenvalue weighted by atomic mass is 10.1. The quantitative estimate of drug-likeness (QED) is 0.631. The van der Waals surface area contributed by atoms with Gasteiger partial charge in [0.15, 0.2) is 0 Å². The summed E-state index contributed by atoms with van der Waals surface area (Å²) in [6.07, 6.45) is 0. The van der Waals surface area contributed by atoms with Gasteiger partial charge in [0.25, 0.3) is 5.91 Å². The molecule has 1 aliphatic rings. The second kappa shape index (κ2) is 9.95. The van der Waals surface area contributed by atoms with Crippen molar-refractivity contribution in [2.45, 2.75) is 0 Å². The number of nitrogens with zero attached hydrogens (tertiary/aromatic N) is 2. The van der Waals surface area contributed by atoms with E-state index in [-0.39, 0.29) is 30.5 Å². The molecule has 0 aromatic heterocycles. The van der Waals surface area contributed by atoms with Crippen LogP contribution in [0.3, 0.4) is 0 Å². The Balaban J connectivity index is 1.42. The summed E-state index contributed by atoms with van der Waals surface area (Å²) in [5.74, 6) is -1.45. The van der Waals surface area contributed by atoms with E-state index >= 15 is 0 Å². The average Bonchev–Trinajstić information content (AvgIpc) is 2.69. The third-order valence-corrected chi connectivity index (χ3v) is 4.77. The van der Waals surface area contributed by atoms with Crippen molar-refractivity contribution in [2.75, 3.05) is 49.9 Å². The van der Waals surface area contributed by atoms with E-state index in [1.807, 2.05) is 9.80 Å². The van der Waals surface area contributed by atoms with Gasteiger partial charge in [-0.25, -0.2) is 4.39 Å². The number of carbonyl (C=O) groups is 3. The maximum atomic E-state index is 13.2. The van der Waals surface area contributed by atoms with Crippen LogP contribution in [-0.2, 0) is 9.59 Å². The summed E-state index contributed by atoms with van der Waals surface area (Å²) < 4.78 is 13.2. The van der Waals surface area contributed by atoms with E-state index in [1.165, 1.54) is 18.2 Å². The first kappa shape index (κ1) is 21.4. The zero-order chi connectivity index (χ0) is 21.5. The predicted octanol–water partition coefficient (Wildman–Crippen LogP) is 1.12. The van der Waals surface area contributed by atoms with Crippen molar-refractivity contribution < 1.29 is 18.8 Å². The number of anilines is 2. The van der Waals surface area contributed by atoms with Crippen LogP contribution in [-0.4, -0.2) is 66.8 Å². The van der Waals surface area contributed by atoms with E-state index in [9.17, 15) is 18.8 Å². The van der Waals surface area contributed by atoms with Crippen LogP contribution in [0, 0.1) is 5.82 Å². The number of amides is 3. The number of carbonyl (C=O) groups excluding carboxylic acids is 3. The molecule has 0 bridgehead atoms. The summed E-state index contributed by atoms with van der Waals surface area (Å²) in [6, 6.07) is 12.3. The Bertz CT molecular complexity index is 928. The van der Waals surface area contributed by atoms with Crippen LogP contribution >= 0.6 is 0 Å². The van der Waals surface area contributed by atoms with Crippen molar-refractivity contribution in [2.24, 2.45) is 5.73 Å². The minimum absolute atomic E-state index is 0.177. The number of hydrogen-bond acceptors (Lipinski definition) is 5. The Morgan fingerprint density at radius 2 is 1.47 bits per heavy atom. The Kier molecular flexibility index (Phi) is 7.10. The average molecular weight is 413 g/mol. The fraction of sp³-hybridized carbons (Fsp3) is 0.286. The molecule has 0 spiro atoms. The Hall–Kier alpha value is -3.30. The minimum Gasteiger partial charge on any atom is -0.366 e. The Morgan fingerprint density at radius 3 is 2.07 bits per heavy atom. The number of rotatable bonds is 7. The lowest BCUT2D eigenvalue weighted by molar-refractivity contribution is -0.120. The third kappa shape index (κ3) is 6.10. The molecule has 8 nitrogen and oxygen atoms in total. The van der Waals surface area contributed by atoms with Crippen LogP contribution in [0.25, 0.3) is 0 Å². The molecule has 2 aromatic carbocycles. The summed E-state index contributed by atoms with van der Waals surface area (Å²) in [6.45, 7) is 2.87. The zero-order valence-electron chi connectivity index (χ0n) is 16.4. The number of piperazine rings is 1. The van der Waals surface area contributed by atoms with E-state index in [0.29, 0.717) is 37.6 Å². The van der Waals surface area contributed by atoms with Gasteiger partial charge < -0.3 is 16.4 Å². The van der Waals surface area contributed by atoms with E-state index in [4.69, 9.17) is 5.73 Å². The van der Waals surface area contributed by atoms with Crippen LogP contribution in [0.2, 0.25) is 0 Å². The molecule has 1 saturated heterocycles. The first-order chi connectivity index (χ1) is 14.4. The molecule has 0 saturated carbocycles. The summed E-state index contributed by atoms with van der Waals surface area (Å²) in [4.78, 5) is 39.9. The fourth-order valence-corrected chi connectivity index (χ4v) is 3.28. The molecule has 1 aliphatic heterocycles. The van der Waals surface area contributed by atoms with Crippen LogP contribution in [0.4, 0.5) is 15.8 Å². The van der Waals surface area contributed by atoms with Crippen molar-refractivity contribution in [3.8, 4) is 0 Å². The van der Waals surface area contributed by atoms with Crippen molar-refractivity contribution in [3.63, 3.8) is 0 Å². The van der Waals surface area contributed by atoms with Gasteiger partial charge in [0.2, 0.25) is 11.8 Å². The molecule has 4 N–H and O–H groups in total. The highest BCUT2D eigenvalue weighted by molar-refractivity contribution is 6.03. The maximum Gasteiger partial charge on any atom is 0.250 e. The molecule has 1 heterocycles. The number of hydrogen-bond donors (Lipinski definition) is 3. The topological polar surface area (TPSA) is 108 Å². The lowest BCUT2D eigenvalue weighted by Gasteiger charge is -2.33. The molecule has 0 radical (unpaired) electrons. The highest BCUT2D eigenvalue weighted by atomic mass is 19.1. The number of primary amides is 1. The molecule has 0 unspecified atom stereocenters. The van der Waals surface area contributed by atoms with Gasteiger partial charge in [0, 0.05) is 31.9 Å². The van der Waals surface area contributed by atoms with Gasteiger partial charge >= 0.3 is 0 Å². The molecular weight excluding hydrogens is 389 g/mol. The standard InChI is InChI=1S/C21H24FN5O3/c22-15-4-3-5-16(12-15)24-19(28)13-26-8-10-27(11-9-26)14-20(29)25-18-7-2-1-6-17(18)21(23)30/h1-7,12H,8-11,13-14H2,(H2,23,30)(H,24,28)(H,25,29). The smallest absolute Gasteiger partial charge is 0.250 e. The zero-order valence-corrected chi connectivity index (χ0v) is 16.4. The van der Waals surface area contributed by atoms with Crippen molar-refractivity contribution in [1.82, 2.24) is 9.80 Å². The normalized spacial score (nSPS) is 14.8. The SMILES string of the molecule is NC(=O)c1ccccc1NC(=O)CN1CCN(CC(=O)Nc2cccc(F)c2)CC1. The second-order valence-electron chi connectivity index (χ2n) is 7.07. The van der Waals surface area contributed by atoms with Crippen LogP contribution in [0.5, 0.6) is 0 Å². The van der Waals surface area contributed by atoms with Crippen LogP contribution in [0.15, 0.2) is 48.5 Å². The summed E-state index contributed by atoms with van der Waals surface area (Å²) in [7, 11) is 0. The first-order valence-corrected chi connectivity index (χ1v) is 9.59. The second-order valence-corrected chi connectivity index (χ2v) is 7.07. The van der Waals surface area contributed by atoms with Crippen molar-refractivity contribution in [3.05, 3.63) is 59.9 Å². The van der Waals surface area contributed by atoms with E-state index in [2.05, 4.69) is 10.6 Å². The highest BCUT2D eigenvalue weighted by Crippen LogP contribution is 2.14. The lowest BCUT2D eigenvalue weighted by Crippen LogP contribution is -2.50. The summed E-state index contributed by atoms with van der Waals surface area (Å²) in [5, 5.41) is 5.40. The number of para-hydroxylation sites is 1. The number of benzene rings is 2. The van der Waals surface area contributed by atoms with Crippen molar-refractivity contribution in [1.29, 1.82) is 0 Å². The van der Waals surface area contributed by atoms with Gasteiger partial charge in [0.05, 0.1) is 24.3 Å². The minimum atomic E-state index is -0.601. The molecule has 0 aliphatic carbocycles. The molecule has 9 heteroatoms. The van der Waals surface area contributed by atoms with Crippen molar-refractivity contribution >= 4 is 29.1 Å². The molecule has 0 atom stereocenters. The Labute approximate surface area is 173 Å². The number of nitrogens with one attached hydrogen (secondary N) is 2. The van der Waals surface area contributed by atoms with Crippen LogP contribution in [0.1, 0.15) is 10.4 Å². The van der Waals surface area contributed by atoms with Gasteiger partial charge in [0.1, 0.15) is 5.82 Å². The molecule has 1 fully saturated rings. The molecule has 30 heavy (non-hydrogen) atoms. The van der Waals surface area contributed by atoms with Gasteiger partial charge in [-0.1, -0.05) is 18.2 Å². The number of nitrogens with two attached hydrogens (primary N) is 1. The third-order valence-electron chi connectivity index (χ3n) is 4.77. The van der Waals surface area contributed by atoms with E-state index in [0.717, 1.165) is 0 Å². The van der Waals surface area contributed by atoms with Gasteiger partial charge in [-0.2, -0.15) is 0 Å². The number of halogens is 1. The highest BCUT2D eigenvalue weighted by Gasteiger charge is 2.21. The summed E-state index contributed by atoms with van der Waals surface area (Å²) >= 11 is 0. The molecule has 2 aromatic rings. The van der Waals surface area contributed by atoms with E-state index < -0.39 is 11.7 Å². The molecule has 3 amide bonds. The maximum absolute atomic E-state index is 13.2. The van der Waals surface area contributed by atoms with Gasteiger partial charge in [-0.15, -0.1) is 0 Å². The first-order valence-electron chi connectivity index (χ1n) is 9.59. The van der Waals surface area contributed by atoms with E-state index in [1.54, 1.807) is 30.3 Å². The van der Waals surface area contributed by atoms with Gasteiger partial charge in [-0.05, 0) is 30.3 Å².